The molecule has 156 valence electrons. The molecule has 1 saturated carbocycles. The van der Waals surface area contributed by atoms with Crippen LogP contribution in [0.15, 0.2) is 35.1 Å². The van der Waals surface area contributed by atoms with E-state index in [4.69, 9.17) is 4.74 Å². The van der Waals surface area contributed by atoms with Gasteiger partial charge in [-0.05, 0) is 49.1 Å². The Kier molecular flexibility index (Phi) is 6.31. The number of ether oxygens (including phenoxy) is 1. The molecule has 0 bridgehead atoms. The van der Waals surface area contributed by atoms with Crippen molar-refractivity contribution >= 4 is 16.8 Å². The molecular formula is C23H31N3O3. The first kappa shape index (κ1) is 20.1. The molecule has 2 fully saturated rings. The highest BCUT2D eigenvalue weighted by atomic mass is 16.5. The third-order valence-corrected chi connectivity index (χ3v) is 6.34. The van der Waals surface area contributed by atoms with E-state index in [1.54, 1.807) is 10.6 Å². The summed E-state index contributed by atoms with van der Waals surface area (Å²) in [6, 6.07) is 9.74. The van der Waals surface area contributed by atoms with Gasteiger partial charge >= 0.3 is 0 Å². The van der Waals surface area contributed by atoms with E-state index >= 15 is 0 Å². The maximum Gasteiger partial charge on any atom is 0.263 e. The summed E-state index contributed by atoms with van der Waals surface area (Å²) >= 11 is 0. The highest BCUT2D eigenvalue weighted by Crippen LogP contribution is 2.23. The van der Waals surface area contributed by atoms with Gasteiger partial charge in [-0.1, -0.05) is 25.1 Å². The van der Waals surface area contributed by atoms with E-state index in [9.17, 15) is 9.59 Å². The number of hydrogen-bond acceptors (Lipinski definition) is 4. The third kappa shape index (κ3) is 4.70. The number of aromatic nitrogens is 1. The number of pyridine rings is 1. The minimum atomic E-state index is -0.236. The molecule has 29 heavy (non-hydrogen) atoms. The molecule has 1 aromatic carbocycles. The number of carbonyl (C=O) groups excluding carboxylic acids is 1. The Morgan fingerprint density at radius 3 is 2.59 bits per heavy atom. The minimum absolute atomic E-state index is 0.173. The molecule has 1 aliphatic carbocycles. The van der Waals surface area contributed by atoms with Crippen molar-refractivity contribution < 1.29 is 9.53 Å². The Labute approximate surface area is 171 Å². The second-order valence-corrected chi connectivity index (χ2v) is 8.46. The van der Waals surface area contributed by atoms with Gasteiger partial charge in [0.15, 0.2) is 0 Å². The first-order valence-electron chi connectivity index (χ1n) is 10.9. The zero-order valence-corrected chi connectivity index (χ0v) is 17.2. The Balaban J connectivity index is 1.57. The first-order chi connectivity index (χ1) is 14.1. The zero-order valence-electron chi connectivity index (χ0n) is 17.2. The quantitative estimate of drug-likeness (QED) is 0.843. The largest absolute Gasteiger partial charge is 0.379 e. The molecule has 1 aromatic heterocycles. The normalized spacial score (nSPS) is 23.2. The van der Waals surface area contributed by atoms with Crippen molar-refractivity contribution in [1.82, 2.24) is 14.8 Å². The van der Waals surface area contributed by atoms with Crippen LogP contribution >= 0.6 is 0 Å². The highest BCUT2D eigenvalue weighted by Gasteiger charge is 2.23. The van der Waals surface area contributed by atoms with Gasteiger partial charge in [0.05, 0.1) is 18.7 Å². The molecule has 6 nitrogen and oxygen atoms in total. The van der Waals surface area contributed by atoms with Gasteiger partial charge in [0.2, 0.25) is 0 Å². The monoisotopic (exact) mass is 397 g/mol. The zero-order chi connectivity index (χ0) is 20.2. The molecule has 1 saturated heterocycles. The van der Waals surface area contributed by atoms with Crippen molar-refractivity contribution in [2.75, 3.05) is 32.8 Å². The topological polar surface area (TPSA) is 63.6 Å². The van der Waals surface area contributed by atoms with Gasteiger partial charge in [0.25, 0.3) is 11.5 Å². The van der Waals surface area contributed by atoms with Gasteiger partial charge in [-0.25, -0.2) is 0 Å². The lowest BCUT2D eigenvalue weighted by Crippen LogP contribution is -2.42. The van der Waals surface area contributed by atoms with Crippen molar-refractivity contribution in [3.63, 3.8) is 0 Å². The minimum Gasteiger partial charge on any atom is -0.379 e. The summed E-state index contributed by atoms with van der Waals surface area (Å²) in [5.74, 6) is 0.488. The van der Waals surface area contributed by atoms with Crippen LogP contribution in [0.4, 0.5) is 0 Å². The van der Waals surface area contributed by atoms with Crippen LogP contribution in [0.2, 0.25) is 0 Å². The average molecular weight is 398 g/mol. The lowest BCUT2D eigenvalue weighted by atomic mass is 9.87. The predicted molar refractivity (Wildman–Crippen MR) is 114 cm³/mol. The molecule has 1 N–H and O–H groups in total. The summed E-state index contributed by atoms with van der Waals surface area (Å²) < 4.78 is 7.18. The van der Waals surface area contributed by atoms with Crippen molar-refractivity contribution in [3.8, 4) is 0 Å². The van der Waals surface area contributed by atoms with E-state index in [1.807, 2.05) is 24.3 Å². The molecule has 1 amide bonds. The number of morpholine rings is 1. The molecule has 0 radical (unpaired) electrons. The van der Waals surface area contributed by atoms with Crippen LogP contribution in [0.5, 0.6) is 0 Å². The molecule has 1 aliphatic heterocycles. The number of fused-ring (bicyclic) bond motifs is 1. The van der Waals surface area contributed by atoms with Crippen LogP contribution in [-0.4, -0.2) is 54.3 Å². The molecule has 0 spiro atoms. The van der Waals surface area contributed by atoms with E-state index in [0.29, 0.717) is 6.54 Å². The Hall–Kier alpha value is -2.18. The number of para-hydroxylation sites is 1. The number of amides is 1. The van der Waals surface area contributed by atoms with E-state index in [1.165, 1.54) is 0 Å². The fraction of sp³-hybridized carbons (Fsp3) is 0.565. The van der Waals surface area contributed by atoms with E-state index in [-0.39, 0.29) is 23.1 Å². The SMILES string of the molecule is CC1CCC(NC(=O)c2cc3ccccc3n(CCN3CCOCC3)c2=O)CC1. The number of nitrogens with zero attached hydrogens (tertiary/aromatic N) is 2. The van der Waals surface area contributed by atoms with Crippen molar-refractivity contribution in [3.05, 3.63) is 46.2 Å². The van der Waals surface area contributed by atoms with Gasteiger partial charge in [-0.2, -0.15) is 0 Å². The van der Waals surface area contributed by atoms with E-state index < -0.39 is 0 Å². The van der Waals surface area contributed by atoms with Gasteiger partial charge in [0.1, 0.15) is 5.56 Å². The van der Waals surface area contributed by atoms with Crippen LogP contribution < -0.4 is 10.9 Å². The van der Waals surface area contributed by atoms with Gasteiger partial charge < -0.3 is 14.6 Å². The predicted octanol–water partition coefficient (Wildman–Crippen LogP) is 2.64. The van der Waals surface area contributed by atoms with Gasteiger partial charge in [-0.15, -0.1) is 0 Å². The van der Waals surface area contributed by atoms with Crippen LogP contribution in [0.25, 0.3) is 10.9 Å². The van der Waals surface area contributed by atoms with Crippen molar-refractivity contribution in [2.45, 2.75) is 45.2 Å². The molecule has 4 rings (SSSR count). The van der Waals surface area contributed by atoms with Crippen molar-refractivity contribution in [1.29, 1.82) is 0 Å². The standard InChI is InChI=1S/C23H31N3O3/c1-17-6-8-19(9-7-17)24-22(27)20-16-18-4-2-3-5-21(18)26(23(20)28)11-10-25-12-14-29-15-13-25/h2-5,16-17,19H,6-15H2,1H3,(H,24,27). The van der Waals surface area contributed by atoms with Crippen LogP contribution in [0, 0.1) is 5.92 Å². The molecule has 6 heteroatoms. The number of nitrogens with one attached hydrogen (secondary N) is 1. The third-order valence-electron chi connectivity index (χ3n) is 6.34. The van der Waals surface area contributed by atoms with Crippen LogP contribution in [0.1, 0.15) is 43.0 Å². The maximum atomic E-state index is 13.2. The second-order valence-electron chi connectivity index (χ2n) is 8.46. The molecular weight excluding hydrogens is 366 g/mol. The maximum absolute atomic E-state index is 13.2. The Morgan fingerprint density at radius 2 is 1.83 bits per heavy atom. The Bertz CT molecular complexity index is 909. The van der Waals surface area contributed by atoms with Gasteiger partial charge in [0, 0.05) is 32.2 Å². The first-order valence-corrected chi connectivity index (χ1v) is 10.9. The van der Waals surface area contributed by atoms with Crippen molar-refractivity contribution in [2.24, 2.45) is 5.92 Å². The van der Waals surface area contributed by atoms with Gasteiger partial charge in [-0.3, -0.25) is 14.5 Å². The van der Waals surface area contributed by atoms with Crippen LogP contribution in [-0.2, 0) is 11.3 Å². The fourth-order valence-electron chi connectivity index (χ4n) is 4.45. The summed E-state index contributed by atoms with van der Waals surface area (Å²) in [6.07, 6.45) is 4.25. The Morgan fingerprint density at radius 1 is 1.10 bits per heavy atom. The number of benzene rings is 1. The number of hydrogen-bond donors (Lipinski definition) is 1. The van der Waals surface area contributed by atoms with Crippen LogP contribution in [0.3, 0.4) is 0 Å². The number of carbonyl (C=O) groups is 1. The summed E-state index contributed by atoms with van der Waals surface area (Å²) in [6.45, 7) is 6.84. The summed E-state index contributed by atoms with van der Waals surface area (Å²) in [4.78, 5) is 28.5. The molecule has 2 heterocycles. The second kappa shape index (κ2) is 9.09. The lowest BCUT2D eigenvalue weighted by Gasteiger charge is -2.27. The average Bonchev–Trinajstić information content (AvgIpc) is 2.75. The lowest BCUT2D eigenvalue weighted by molar-refractivity contribution is 0.0364. The fourth-order valence-corrected chi connectivity index (χ4v) is 4.45. The van der Waals surface area contributed by atoms with E-state index in [0.717, 1.165) is 75.4 Å². The molecule has 2 aliphatic rings. The molecule has 2 aromatic rings. The molecule has 0 unspecified atom stereocenters. The summed E-state index contributed by atoms with van der Waals surface area (Å²) in [7, 11) is 0. The molecule has 0 atom stereocenters. The highest BCUT2D eigenvalue weighted by molar-refractivity contribution is 5.97. The smallest absolute Gasteiger partial charge is 0.263 e. The summed E-state index contributed by atoms with van der Waals surface area (Å²) in [5.41, 5.74) is 0.941. The summed E-state index contributed by atoms with van der Waals surface area (Å²) in [5, 5.41) is 4.04. The van der Waals surface area contributed by atoms with E-state index in [2.05, 4.69) is 17.1 Å². The number of rotatable bonds is 5.